The number of carbonyl (C=O) groups is 2. The van der Waals surface area contributed by atoms with Gasteiger partial charge in [-0.25, -0.2) is 4.79 Å². The van der Waals surface area contributed by atoms with Gasteiger partial charge in [0.25, 0.3) is 5.91 Å². The van der Waals surface area contributed by atoms with E-state index in [2.05, 4.69) is 0 Å². The third kappa shape index (κ3) is 2.30. The molecule has 2 heterocycles. The number of hydrogen-bond acceptors (Lipinski definition) is 4. The summed E-state index contributed by atoms with van der Waals surface area (Å²) in [5.41, 5.74) is 0.904. The molecule has 2 aliphatic heterocycles. The van der Waals surface area contributed by atoms with E-state index in [0.29, 0.717) is 24.3 Å². The molecule has 0 saturated carbocycles. The Kier molecular flexibility index (Phi) is 3.70. The maximum atomic E-state index is 13.2. The molecule has 0 saturated heterocycles. The number of anilines is 1. The van der Waals surface area contributed by atoms with Crippen LogP contribution in [0.4, 0.5) is 5.69 Å². The Morgan fingerprint density at radius 1 is 1.29 bits per heavy atom. The second-order valence-corrected chi connectivity index (χ2v) is 7.28. The van der Waals surface area contributed by atoms with Crippen LogP contribution in [0.3, 0.4) is 0 Å². The quantitative estimate of drug-likeness (QED) is 0.782. The van der Waals surface area contributed by atoms with E-state index in [4.69, 9.17) is 9.47 Å². The number of ether oxygens (including phenoxy) is 2. The summed E-state index contributed by atoms with van der Waals surface area (Å²) in [4.78, 5) is 27.1. The summed E-state index contributed by atoms with van der Waals surface area (Å²) in [6, 6.07) is 5.48. The summed E-state index contributed by atoms with van der Waals surface area (Å²) >= 11 is 0. The van der Waals surface area contributed by atoms with E-state index in [1.54, 1.807) is 12.0 Å². The molecular formula is C19H23NO4. The first kappa shape index (κ1) is 16.6. The monoisotopic (exact) mass is 329 g/mol. The molecule has 128 valence electrons. The molecule has 5 heteroatoms. The van der Waals surface area contributed by atoms with Crippen molar-refractivity contribution in [1.29, 1.82) is 0 Å². The van der Waals surface area contributed by atoms with Crippen LogP contribution in [0.15, 0.2) is 29.8 Å². The standard InChI is InChI=1S/C19H23NO4/c1-6-20-15-8-7-13(23-5)10-14(15)19(17(20)22)11-12(18(2,3)4)9-16(21)24-19/h7-10H,6,11H2,1-5H3/t19-/m0/s1. The molecule has 5 nitrogen and oxygen atoms in total. The second-order valence-electron chi connectivity index (χ2n) is 7.28. The van der Waals surface area contributed by atoms with Crippen molar-refractivity contribution in [3.8, 4) is 5.75 Å². The van der Waals surface area contributed by atoms with E-state index < -0.39 is 11.6 Å². The largest absolute Gasteiger partial charge is 0.497 e. The molecule has 0 aliphatic carbocycles. The summed E-state index contributed by atoms with van der Waals surface area (Å²) in [5.74, 6) is -0.00973. The normalized spacial score (nSPS) is 23.2. The third-order valence-corrected chi connectivity index (χ3v) is 4.81. The molecule has 1 amide bonds. The zero-order chi connectivity index (χ0) is 17.7. The molecule has 0 radical (unpaired) electrons. The Bertz CT molecular complexity index is 744. The van der Waals surface area contributed by atoms with Crippen LogP contribution in [-0.2, 0) is 19.9 Å². The number of nitrogens with zero attached hydrogens (tertiary/aromatic N) is 1. The van der Waals surface area contributed by atoms with Gasteiger partial charge in [-0.05, 0) is 30.5 Å². The number of benzene rings is 1. The highest BCUT2D eigenvalue weighted by Gasteiger charge is 2.56. The van der Waals surface area contributed by atoms with E-state index in [1.807, 2.05) is 45.9 Å². The number of hydrogen-bond donors (Lipinski definition) is 0. The van der Waals surface area contributed by atoms with Gasteiger partial charge in [-0.1, -0.05) is 26.3 Å². The molecule has 0 unspecified atom stereocenters. The molecule has 0 bridgehead atoms. The van der Waals surface area contributed by atoms with Crippen molar-refractivity contribution in [2.45, 2.75) is 39.7 Å². The number of fused-ring (bicyclic) bond motifs is 2. The lowest BCUT2D eigenvalue weighted by molar-refractivity contribution is -0.165. The van der Waals surface area contributed by atoms with E-state index in [-0.39, 0.29) is 11.3 Å². The third-order valence-electron chi connectivity index (χ3n) is 4.81. The Hall–Kier alpha value is -2.30. The van der Waals surface area contributed by atoms with Crippen molar-refractivity contribution < 1.29 is 19.1 Å². The summed E-state index contributed by atoms with van der Waals surface area (Å²) < 4.78 is 11.0. The Morgan fingerprint density at radius 3 is 2.58 bits per heavy atom. The van der Waals surface area contributed by atoms with E-state index in [9.17, 15) is 9.59 Å². The summed E-state index contributed by atoms with van der Waals surface area (Å²) in [6.45, 7) is 8.54. The Labute approximate surface area is 142 Å². The van der Waals surface area contributed by atoms with Crippen LogP contribution < -0.4 is 9.64 Å². The average molecular weight is 329 g/mol. The topological polar surface area (TPSA) is 55.8 Å². The molecule has 0 aromatic heterocycles. The van der Waals surface area contributed by atoms with Gasteiger partial charge in [-0.3, -0.25) is 4.79 Å². The predicted octanol–water partition coefficient (Wildman–Crippen LogP) is 3.18. The average Bonchev–Trinajstić information content (AvgIpc) is 2.74. The molecule has 1 aromatic rings. The van der Waals surface area contributed by atoms with Crippen molar-refractivity contribution in [2.24, 2.45) is 5.41 Å². The fraction of sp³-hybridized carbons (Fsp3) is 0.474. The smallest absolute Gasteiger partial charge is 0.332 e. The van der Waals surface area contributed by atoms with Crippen LogP contribution in [0.1, 0.15) is 39.7 Å². The van der Waals surface area contributed by atoms with E-state index >= 15 is 0 Å². The van der Waals surface area contributed by atoms with E-state index in [0.717, 1.165) is 11.3 Å². The van der Waals surface area contributed by atoms with Gasteiger partial charge in [-0.15, -0.1) is 0 Å². The highest BCUT2D eigenvalue weighted by molar-refractivity contribution is 6.09. The van der Waals surface area contributed by atoms with Gasteiger partial charge in [0.05, 0.1) is 12.8 Å². The van der Waals surface area contributed by atoms with Gasteiger partial charge in [-0.2, -0.15) is 0 Å². The van der Waals surface area contributed by atoms with Crippen molar-refractivity contribution in [2.75, 3.05) is 18.6 Å². The Balaban J connectivity index is 2.19. The molecular weight excluding hydrogens is 306 g/mol. The fourth-order valence-electron chi connectivity index (χ4n) is 3.41. The highest BCUT2D eigenvalue weighted by Crippen LogP contribution is 2.51. The molecule has 0 fully saturated rings. The number of esters is 1. The first-order valence-electron chi connectivity index (χ1n) is 8.17. The highest BCUT2D eigenvalue weighted by atomic mass is 16.6. The minimum Gasteiger partial charge on any atom is -0.497 e. The van der Waals surface area contributed by atoms with Gasteiger partial charge in [0, 0.05) is 24.6 Å². The first-order valence-corrected chi connectivity index (χ1v) is 8.17. The maximum absolute atomic E-state index is 13.2. The lowest BCUT2D eigenvalue weighted by Gasteiger charge is -2.36. The van der Waals surface area contributed by atoms with Gasteiger partial charge in [0.15, 0.2) is 0 Å². The van der Waals surface area contributed by atoms with Crippen molar-refractivity contribution in [3.63, 3.8) is 0 Å². The zero-order valence-electron chi connectivity index (χ0n) is 14.8. The molecule has 24 heavy (non-hydrogen) atoms. The van der Waals surface area contributed by atoms with Gasteiger partial charge < -0.3 is 14.4 Å². The minimum atomic E-state index is -1.28. The predicted molar refractivity (Wildman–Crippen MR) is 90.9 cm³/mol. The second kappa shape index (κ2) is 5.36. The van der Waals surface area contributed by atoms with Crippen LogP contribution in [0.2, 0.25) is 0 Å². The fourth-order valence-corrected chi connectivity index (χ4v) is 3.41. The lowest BCUT2D eigenvalue weighted by Crippen LogP contribution is -2.46. The molecule has 1 atom stereocenters. The molecule has 2 aliphatic rings. The molecule has 3 rings (SSSR count). The number of carbonyl (C=O) groups excluding carboxylic acids is 2. The van der Waals surface area contributed by atoms with Crippen LogP contribution >= 0.6 is 0 Å². The number of rotatable bonds is 2. The van der Waals surface area contributed by atoms with Crippen molar-refractivity contribution >= 4 is 17.6 Å². The molecule has 1 aromatic carbocycles. The Morgan fingerprint density at radius 2 is 2.00 bits per heavy atom. The number of amides is 1. The maximum Gasteiger partial charge on any atom is 0.332 e. The van der Waals surface area contributed by atoms with Crippen LogP contribution in [0.25, 0.3) is 0 Å². The van der Waals surface area contributed by atoms with Crippen molar-refractivity contribution in [3.05, 3.63) is 35.4 Å². The summed E-state index contributed by atoms with van der Waals surface area (Å²) in [7, 11) is 1.58. The van der Waals surface area contributed by atoms with Gasteiger partial charge >= 0.3 is 5.97 Å². The van der Waals surface area contributed by atoms with Crippen molar-refractivity contribution in [1.82, 2.24) is 0 Å². The molecule has 0 N–H and O–H groups in total. The summed E-state index contributed by atoms with van der Waals surface area (Å²) in [6.07, 6.45) is 1.89. The number of likely N-dealkylation sites (N-methyl/N-ethyl adjacent to an activating group) is 1. The van der Waals surface area contributed by atoms with Gasteiger partial charge in [0.2, 0.25) is 5.60 Å². The minimum absolute atomic E-state index is 0.184. The zero-order valence-corrected chi connectivity index (χ0v) is 14.8. The van der Waals surface area contributed by atoms with E-state index in [1.165, 1.54) is 6.08 Å². The molecule has 1 spiro atoms. The summed E-state index contributed by atoms with van der Waals surface area (Å²) in [5, 5.41) is 0. The van der Waals surface area contributed by atoms with Crippen LogP contribution in [0, 0.1) is 5.41 Å². The van der Waals surface area contributed by atoms with Gasteiger partial charge in [0.1, 0.15) is 5.75 Å². The lowest BCUT2D eigenvalue weighted by atomic mass is 9.76. The number of methoxy groups -OCH3 is 1. The SMILES string of the molecule is CCN1C(=O)[C@]2(CC(C(C)(C)C)=CC(=O)O2)c2cc(OC)ccc21. The van der Waals surface area contributed by atoms with Crippen LogP contribution in [-0.4, -0.2) is 25.5 Å². The van der Waals surface area contributed by atoms with Crippen LogP contribution in [0.5, 0.6) is 5.75 Å². The first-order chi connectivity index (χ1) is 11.2.